The first-order valence-electron chi connectivity index (χ1n) is 12.0. The zero-order chi connectivity index (χ0) is 22.6. The minimum Gasteiger partial charge on any atom is -0.378 e. The van der Waals surface area contributed by atoms with Crippen molar-refractivity contribution < 1.29 is 9.26 Å². The van der Waals surface area contributed by atoms with Crippen LogP contribution in [0.15, 0.2) is 39.8 Å². The summed E-state index contributed by atoms with van der Waals surface area (Å²) in [5, 5.41) is 10.7. The van der Waals surface area contributed by atoms with E-state index in [1.165, 1.54) is 11.1 Å². The largest absolute Gasteiger partial charge is 0.378 e. The van der Waals surface area contributed by atoms with Crippen LogP contribution in [0.2, 0.25) is 0 Å². The summed E-state index contributed by atoms with van der Waals surface area (Å²) in [4.78, 5) is 7.21. The molecule has 3 rings (SSSR count). The standard InChI is InChI=1S/C25H39N5O2.HI/c1-4-26-25(28-15-11-24-20(2)29-32-21(24)3)27-14-8-18-31-23-12-16-30(17-13-23)19-22-9-6-5-7-10-22;/h5-7,9-10,23H,4,8,11-19H2,1-3H3,(H2,26,27,28);1H. The molecule has 2 aromatic rings. The number of rotatable bonds is 11. The Hall–Kier alpha value is -1.65. The molecule has 0 spiro atoms. The van der Waals surface area contributed by atoms with E-state index in [4.69, 9.17) is 9.26 Å². The number of likely N-dealkylation sites (tertiary alicyclic amines) is 1. The second-order valence-corrected chi connectivity index (χ2v) is 8.43. The van der Waals surface area contributed by atoms with Crippen LogP contribution in [0.1, 0.15) is 48.8 Å². The number of nitrogens with one attached hydrogen (secondary N) is 2. The van der Waals surface area contributed by atoms with Crippen molar-refractivity contribution in [3.8, 4) is 0 Å². The second kappa shape index (κ2) is 15.3. The molecule has 1 fully saturated rings. The molecule has 8 heteroatoms. The van der Waals surface area contributed by atoms with Crippen LogP contribution in [0.4, 0.5) is 0 Å². The zero-order valence-electron chi connectivity index (χ0n) is 20.3. The molecular weight excluding hydrogens is 529 g/mol. The topological polar surface area (TPSA) is 74.9 Å². The Morgan fingerprint density at radius 3 is 2.61 bits per heavy atom. The predicted octanol–water partition coefficient (Wildman–Crippen LogP) is 4.08. The van der Waals surface area contributed by atoms with E-state index in [1.54, 1.807) is 0 Å². The lowest BCUT2D eigenvalue weighted by Crippen LogP contribution is -2.38. The molecule has 1 aromatic heterocycles. The predicted molar refractivity (Wildman–Crippen MR) is 144 cm³/mol. The van der Waals surface area contributed by atoms with Crippen molar-refractivity contribution in [1.82, 2.24) is 20.7 Å². The number of benzene rings is 1. The van der Waals surface area contributed by atoms with Crippen LogP contribution in [0.5, 0.6) is 0 Å². The number of nitrogens with zero attached hydrogens (tertiary/aromatic N) is 3. The summed E-state index contributed by atoms with van der Waals surface area (Å²) in [5.41, 5.74) is 3.53. The molecule has 1 saturated heterocycles. The van der Waals surface area contributed by atoms with E-state index < -0.39 is 0 Å². The summed E-state index contributed by atoms with van der Waals surface area (Å²) in [6, 6.07) is 10.7. The van der Waals surface area contributed by atoms with Crippen LogP contribution in [0.3, 0.4) is 0 Å². The van der Waals surface area contributed by atoms with Gasteiger partial charge in [0.25, 0.3) is 0 Å². The van der Waals surface area contributed by atoms with Gasteiger partial charge in [-0.05, 0) is 52.0 Å². The van der Waals surface area contributed by atoms with Crippen LogP contribution in [-0.2, 0) is 17.7 Å². The van der Waals surface area contributed by atoms with Crippen LogP contribution < -0.4 is 10.6 Å². The van der Waals surface area contributed by atoms with E-state index in [-0.39, 0.29) is 24.0 Å². The minimum absolute atomic E-state index is 0. The fourth-order valence-corrected chi connectivity index (χ4v) is 4.09. The van der Waals surface area contributed by atoms with Crippen LogP contribution in [0, 0.1) is 13.8 Å². The molecule has 7 nitrogen and oxygen atoms in total. The maximum absolute atomic E-state index is 6.13. The van der Waals surface area contributed by atoms with Crippen molar-refractivity contribution in [2.24, 2.45) is 4.99 Å². The van der Waals surface area contributed by atoms with Crippen molar-refractivity contribution in [3.05, 3.63) is 52.9 Å². The third-order valence-electron chi connectivity index (χ3n) is 5.90. The molecule has 33 heavy (non-hydrogen) atoms. The van der Waals surface area contributed by atoms with Gasteiger partial charge in [0.05, 0.1) is 11.8 Å². The first-order chi connectivity index (χ1) is 15.7. The van der Waals surface area contributed by atoms with Gasteiger partial charge in [-0.1, -0.05) is 35.5 Å². The molecule has 2 N–H and O–H groups in total. The lowest BCUT2D eigenvalue weighted by atomic mass is 10.1. The molecule has 1 aliphatic heterocycles. The molecule has 0 unspecified atom stereocenters. The van der Waals surface area contributed by atoms with Gasteiger partial charge in [-0.3, -0.25) is 9.89 Å². The number of guanidine groups is 1. The Morgan fingerprint density at radius 1 is 1.18 bits per heavy atom. The van der Waals surface area contributed by atoms with Gasteiger partial charge in [0, 0.05) is 51.4 Å². The SMILES string of the molecule is CCNC(=NCCCOC1CCN(Cc2ccccc2)CC1)NCCc1c(C)noc1C.I. The Bertz CT molecular complexity index is 800. The highest BCUT2D eigenvalue weighted by atomic mass is 127. The molecule has 2 heterocycles. The van der Waals surface area contributed by atoms with Gasteiger partial charge < -0.3 is 19.9 Å². The molecule has 0 saturated carbocycles. The van der Waals surface area contributed by atoms with Gasteiger partial charge in [-0.15, -0.1) is 24.0 Å². The van der Waals surface area contributed by atoms with Gasteiger partial charge in [0.15, 0.2) is 5.96 Å². The number of aromatic nitrogens is 1. The Balaban J connectivity index is 0.00000385. The summed E-state index contributed by atoms with van der Waals surface area (Å²) in [7, 11) is 0. The van der Waals surface area contributed by atoms with Crippen molar-refractivity contribution >= 4 is 29.9 Å². The van der Waals surface area contributed by atoms with Crippen molar-refractivity contribution in [2.45, 2.75) is 59.1 Å². The molecule has 0 radical (unpaired) electrons. The Morgan fingerprint density at radius 2 is 1.94 bits per heavy atom. The smallest absolute Gasteiger partial charge is 0.191 e. The fourth-order valence-electron chi connectivity index (χ4n) is 4.09. The van der Waals surface area contributed by atoms with Gasteiger partial charge in [0.1, 0.15) is 5.76 Å². The summed E-state index contributed by atoms with van der Waals surface area (Å²) < 4.78 is 11.4. The highest BCUT2D eigenvalue weighted by Gasteiger charge is 2.19. The molecule has 0 bridgehead atoms. The number of piperidine rings is 1. The monoisotopic (exact) mass is 569 g/mol. The van der Waals surface area contributed by atoms with Gasteiger partial charge >= 0.3 is 0 Å². The van der Waals surface area contributed by atoms with E-state index in [2.05, 4.69) is 62.9 Å². The summed E-state index contributed by atoms with van der Waals surface area (Å²) in [6.07, 6.45) is 4.42. The number of ether oxygens (including phenoxy) is 1. The third-order valence-corrected chi connectivity index (χ3v) is 5.90. The average Bonchev–Trinajstić information content (AvgIpc) is 3.13. The summed E-state index contributed by atoms with van der Waals surface area (Å²) >= 11 is 0. The maximum Gasteiger partial charge on any atom is 0.191 e. The number of hydrogen-bond donors (Lipinski definition) is 2. The van der Waals surface area contributed by atoms with Crippen LogP contribution in [-0.4, -0.2) is 61.5 Å². The molecule has 0 amide bonds. The van der Waals surface area contributed by atoms with Crippen molar-refractivity contribution in [2.75, 3.05) is 39.3 Å². The van der Waals surface area contributed by atoms with E-state index in [0.29, 0.717) is 6.10 Å². The summed E-state index contributed by atoms with van der Waals surface area (Å²) in [5.74, 6) is 1.75. The number of hydrogen-bond acceptors (Lipinski definition) is 5. The number of halogens is 1. The van der Waals surface area contributed by atoms with E-state index in [9.17, 15) is 0 Å². The van der Waals surface area contributed by atoms with Crippen LogP contribution in [0.25, 0.3) is 0 Å². The summed E-state index contributed by atoms with van der Waals surface area (Å²) in [6.45, 7) is 12.5. The zero-order valence-corrected chi connectivity index (χ0v) is 22.6. The fraction of sp³-hybridized carbons (Fsp3) is 0.600. The third kappa shape index (κ3) is 9.62. The van der Waals surface area contributed by atoms with Crippen molar-refractivity contribution in [1.29, 1.82) is 0 Å². The van der Waals surface area contributed by atoms with Crippen LogP contribution >= 0.6 is 24.0 Å². The normalized spacial score (nSPS) is 15.3. The molecule has 1 aliphatic rings. The molecular formula is C25H40IN5O2. The lowest BCUT2D eigenvalue weighted by molar-refractivity contribution is 0.00566. The highest BCUT2D eigenvalue weighted by molar-refractivity contribution is 14.0. The molecule has 184 valence electrons. The van der Waals surface area contributed by atoms with E-state index in [1.807, 2.05) is 13.8 Å². The van der Waals surface area contributed by atoms with E-state index >= 15 is 0 Å². The number of aliphatic imine (C=N–C) groups is 1. The Labute approximate surface area is 215 Å². The van der Waals surface area contributed by atoms with Gasteiger partial charge in [-0.25, -0.2) is 0 Å². The maximum atomic E-state index is 6.13. The van der Waals surface area contributed by atoms with Crippen molar-refractivity contribution in [3.63, 3.8) is 0 Å². The minimum atomic E-state index is 0. The van der Waals surface area contributed by atoms with Gasteiger partial charge in [0.2, 0.25) is 0 Å². The highest BCUT2D eigenvalue weighted by Crippen LogP contribution is 2.16. The average molecular weight is 570 g/mol. The molecule has 1 aromatic carbocycles. The number of aryl methyl sites for hydroxylation is 2. The van der Waals surface area contributed by atoms with Gasteiger partial charge in [-0.2, -0.15) is 0 Å². The second-order valence-electron chi connectivity index (χ2n) is 8.43. The van der Waals surface area contributed by atoms with E-state index in [0.717, 1.165) is 89.0 Å². The first kappa shape index (κ1) is 27.6. The Kier molecular flexibility index (Phi) is 12.8. The molecule has 0 aliphatic carbocycles. The quantitative estimate of drug-likeness (QED) is 0.184. The lowest BCUT2D eigenvalue weighted by Gasteiger charge is -2.31. The molecule has 0 atom stereocenters. The first-order valence-corrected chi connectivity index (χ1v) is 12.0.